The number of hydrogen-bond donors (Lipinski definition) is 2. The van der Waals surface area contributed by atoms with Crippen molar-refractivity contribution >= 4 is 23.3 Å². The molecule has 2 amide bonds. The van der Waals surface area contributed by atoms with Gasteiger partial charge in [0, 0.05) is 22.7 Å². The predicted molar refractivity (Wildman–Crippen MR) is 117 cm³/mol. The second-order valence-electron chi connectivity index (χ2n) is 9.21. The summed E-state index contributed by atoms with van der Waals surface area (Å²) in [4.78, 5) is 25.1. The Morgan fingerprint density at radius 2 is 1.67 bits per heavy atom. The number of hydrogen-bond acceptors (Lipinski definition) is 4. The molecule has 0 aliphatic heterocycles. The normalized spacial score (nSPS) is 11.9. The maximum Gasteiger partial charge on any atom is 0.291 e. The van der Waals surface area contributed by atoms with Crippen LogP contribution in [0.25, 0.3) is 0 Å². The summed E-state index contributed by atoms with van der Waals surface area (Å²) in [6.07, 6.45) is 1.43. The summed E-state index contributed by atoms with van der Waals surface area (Å²) in [6, 6.07) is 11.9. The maximum atomic E-state index is 12.9. The molecule has 1 aromatic carbocycles. The molecule has 0 aliphatic rings. The average Bonchev–Trinajstić information content (AvgIpc) is 3.31. The number of benzene rings is 1. The van der Waals surface area contributed by atoms with Gasteiger partial charge in [0.2, 0.25) is 0 Å². The monoisotopic (exact) mass is 408 g/mol. The van der Waals surface area contributed by atoms with Crippen LogP contribution in [-0.2, 0) is 11.0 Å². The lowest BCUT2D eigenvalue weighted by Crippen LogP contribution is -2.27. The number of furan rings is 1. The molecule has 0 saturated heterocycles. The van der Waals surface area contributed by atoms with E-state index in [0.717, 1.165) is 5.69 Å². The van der Waals surface area contributed by atoms with Gasteiger partial charge in [-0.15, -0.1) is 0 Å². The van der Waals surface area contributed by atoms with E-state index in [0.29, 0.717) is 17.1 Å². The summed E-state index contributed by atoms with van der Waals surface area (Å²) >= 11 is 0. The van der Waals surface area contributed by atoms with Crippen molar-refractivity contribution in [2.24, 2.45) is 0 Å². The summed E-state index contributed by atoms with van der Waals surface area (Å²) in [6.45, 7) is 12.4. The molecule has 3 rings (SSSR count). The van der Waals surface area contributed by atoms with E-state index in [1.165, 1.54) is 6.26 Å². The molecule has 0 atom stereocenters. The maximum absolute atomic E-state index is 12.9. The number of rotatable bonds is 4. The van der Waals surface area contributed by atoms with Crippen LogP contribution in [0.4, 0.5) is 11.5 Å². The zero-order chi connectivity index (χ0) is 22.1. The van der Waals surface area contributed by atoms with Gasteiger partial charge in [0.05, 0.1) is 17.5 Å². The average molecular weight is 409 g/mol. The van der Waals surface area contributed by atoms with Crippen molar-refractivity contribution in [2.45, 2.75) is 52.5 Å². The largest absolute Gasteiger partial charge is 0.459 e. The summed E-state index contributed by atoms with van der Waals surface area (Å²) < 4.78 is 6.93. The van der Waals surface area contributed by atoms with Crippen LogP contribution in [0.2, 0.25) is 0 Å². The number of carbonyl (C=O) groups excluding carboxylic acids is 2. The molecule has 2 N–H and O–H groups in total. The molecule has 0 fully saturated rings. The molecule has 7 heteroatoms. The summed E-state index contributed by atoms with van der Waals surface area (Å²) in [5, 5.41) is 10.4. The van der Waals surface area contributed by atoms with Crippen LogP contribution < -0.4 is 10.6 Å². The van der Waals surface area contributed by atoms with Gasteiger partial charge in [0.25, 0.3) is 11.8 Å². The van der Waals surface area contributed by atoms with E-state index in [1.807, 2.05) is 31.5 Å². The second kappa shape index (κ2) is 7.82. The quantitative estimate of drug-likeness (QED) is 0.633. The molecule has 0 saturated carbocycles. The van der Waals surface area contributed by atoms with E-state index in [-0.39, 0.29) is 28.5 Å². The number of amides is 2. The van der Waals surface area contributed by atoms with Crippen molar-refractivity contribution in [3.05, 3.63) is 65.7 Å². The first-order valence-electron chi connectivity index (χ1n) is 9.82. The van der Waals surface area contributed by atoms with Gasteiger partial charge < -0.3 is 15.1 Å². The van der Waals surface area contributed by atoms with Gasteiger partial charge in [-0.25, -0.2) is 4.68 Å². The Morgan fingerprint density at radius 3 is 2.27 bits per heavy atom. The highest BCUT2D eigenvalue weighted by Gasteiger charge is 2.26. The van der Waals surface area contributed by atoms with Gasteiger partial charge in [0.1, 0.15) is 5.82 Å². The van der Waals surface area contributed by atoms with Crippen LogP contribution >= 0.6 is 0 Å². The fraction of sp³-hybridized carbons (Fsp3) is 0.348. The SMILES string of the molecule is CC(C)(C)c1cc(NC(=O)c2cccc(NC(=O)c3ccco3)c2)n(C(C)(C)C)n1. The molecular weight excluding hydrogens is 380 g/mol. The molecule has 0 unspecified atom stereocenters. The lowest BCUT2D eigenvalue weighted by atomic mass is 9.92. The van der Waals surface area contributed by atoms with Gasteiger partial charge >= 0.3 is 0 Å². The molecule has 30 heavy (non-hydrogen) atoms. The van der Waals surface area contributed by atoms with Gasteiger partial charge in [-0.3, -0.25) is 9.59 Å². The van der Waals surface area contributed by atoms with Crippen LogP contribution in [-0.4, -0.2) is 21.6 Å². The van der Waals surface area contributed by atoms with E-state index in [2.05, 4.69) is 31.4 Å². The van der Waals surface area contributed by atoms with Crippen LogP contribution in [0.3, 0.4) is 0 Å². The van der Waals surface area contributed by atoms with Crippen molar-refractivity contribution in [3.63, 3.8) is 0 Å². The fourth-order valence-electron chi connectivity index (χ4n) is 2.88. The Morgan fingerprint density at radius 1 is 0.933 bits per heavy atom. The molecule has 0 spiro atoms. The number of nitrogens with zero attached hydrogens (tertiary/aromatic N) is 2. The van der Waals surface area contributed by atoms with Crippen molar-refractivity contribution in [1.29, 1.82) is 0 Å². The number of aromatic nitrogens is 2. The smallest absolute Gasteiger partial charge is 0.291 e. The molecule has 7 nitrogen and oxygen atoms in total. The van der Waals surface area contributed by atoms with E-state index in [1.54, 1.807) is 36.4 Å². The Labute approximate surface area is 176 Å². The fourth-order valence-corrected chi connectivity index (χ4v) is 2.88. The van der Waals surface area contributed by atoms with Crippen LogP contribution in [0.5, 0.6) is 0 Å². The van der Waals surface area contributed by atoms with Gasteiger partial charge in [-0.2, -0.15) is 5.10 Å². The molecule has 0 aliphatic carbocycles. The predicted octanol–water partition coefficient (Wildman–Crippen LogP) is 5.03. The highest BCUT2D eigenvalue weighted by Crippen LogP contribution is 2.28. The Balaban J connectivity index is 1.83. The number of nitrogens with one attached hydrogen (secondary N) is 2. The summed E-state index contributed by atoms with van der Waals surface area (Å²) in [7, 11) is 0. The first-order chi connectivity index (χ1) is 13.9. The molecular formula is C23H28N4O3. The third-order valence-corrected chi connectivity index (χ3v) is 4.48. The van der Waals surface area contributed by atoms with E-state index < -0.39 is 0 Å². The minimum Gasteiger partial charge on any atom is -0.459 e. The Hall–Kier alpha value is -3.35. The van der Waals surface area contributed by atoms with Crippen molar-refractivity contribution in [3.8, 4) is 0 Å². The van der Waals surface area contributed by atoms with Crippen LogP contribution in [0.15, 0.2) is 53.1 Å². The standard InChI is InChI=1S/C23H28N4O3/c1-22(2,3)18-14-19(27(26-18)23(4,5)6)25-20(28)15-9-7-10-16(13-15)24-21(29)17-11-8-12-30-17/h7-14H,1-6H3,(H,24,29)(H,25,28). The van der Waals surface area contributed by atoms with Crippen LogP contribution in [0, 0.1) is 0 Å². The Kier molecular flexibility index (Phi) is 5.57. The molecule has 2 aromatic heterocycles. The topological polar surface area (TPSA) is 89.2 Å². The van der Waals surface area contributed by atoms with Crippen molar-refractivity contribution in [2.75, 3.05) is 10.6 Å². The zero-order valence-electron chi connectivity index (χ0n) is 18.2. The van der Waals surface area contributed by atoms with Crippen LogP contribution in [0.1, 0.15) is 68.1 Å². The highest BCUT2D eigenvalue weighted by molar-refractivity contribution is 6.06. The Bertz CT molecular complexity index is 1050. The van der Waals surface area contributed by atoms with Gasteiger partial charge in [-0.05, 0) is 51.1 Å². The first kappa shape index (κ1) is 21.4. The first-order valence-corrected chi connectivity index (χ1v) is 9.82. The molecule has 2 heterocycles. The van der Waals surface area contributed by atoms with Crippen molar-refractivity contribution in [1.82, 2.24) is 9.78 Å². The van der Waals surface area contributed by atoms with Gasteiger partial charge in [0.15, 0.2) is 5.76 Å². The lowest BCUT2D eigenvalue weighted by molar-refractivity contribution is 0.0993. The number of anilines is 2. The third-order valence-electron chi connectivity index (χ3n) is 4.48. The zero-order valence-corrected chi connectivity index (χ0v) is 18.2. The summed E-state index contributed by atoms with van der Waals surface area (Å²) in [5.41, 5.74) is 1.37. The van der Waals surface area contributed by atoms with E-state index >= 15 is 0 Å². The molecule has 0 radical (unpaired) electrons. The van der Waals surface area contributed by atoms with Gasteiger partial charge in [-0.1, -0.05) is 26.8 Å². The lowest BCUT2D eigenvalue weighted by Gasteiger charge is -2.23. The highest BCUT2D eigenvalue weighted by atomic mass is 16.3. The van der Waals surface area contributed by atoms with E-state index in [9.17, 15) is 9.59 Å². The third kappa shape index (κ3) is 4.79. The minimum atomic E-state index is -0.377. The number of carbonyl (C=O) groups is 2. The minimum absolute atomic E-state index is 0.147. The molecule has 158 valence electrons. The van der Waals surface area contributed by atoms with E-state index in [4.69, 9.17) is 9.52 Å². The van der Waals surface area contributed by atoms with Crippen molar-refractivity contribution < 1.29 is 14.0 Å². The molecule has 0 bridgehead atoms. The summed E-state index contributed by atoms with van der Waals surface area (Å²) in [5.74, 6) is 0.171. The second-order valence-corrected chi connectivity index (χ2v) is 9.21. The molecule has 3 aromatic rings.